The van der Waals surface area contributed by atoms with E-state index in [4.69, 9.17) is 9.97 Å². The van der Waals surface area contributed by atoms with E-state index in [0.29, 0.717) is 26.2 Å². The van der Waals surface area contributed by atoms with E-state index in [9.17, 15) is 9.59 Å². The Bertz CT molecular complexity index is 1050. The Balaban J connectivity index is 1.32. The van der Waals surface area contributed by atoms with Gasteiger partial charge in [0, 0.05) is 75.8 Å². The van der Waals surface area contributed by atoms with Crippen LogP contribution in [0.1, 0.15) is 59.5 Å². The zero-order chi connectivity index (χ0) is 22.9. The fourth-order valence-electron chi connectivity index (χ4n) is 5.24. The van der Waals surface area contributed by atoms with Crippen LogP contribution < -0.4 is 10.2 Å². The van der Waals surface area contributed by atoms with Crippen LogP contribution in [0.15, 0.2) is 24.3 Å². The summed E-state index contributed by atoms with van der Waals surface area (Å²) in [5.74, 6) is 1.88. The van der Waals surface area contributed by atoms with Gasteiger partial charge < -0.3 is 20.0 Å². The van der Waals surface area contributed by atoms with Gasteiger partial charge in [-0.05, 0) is 37.5 Å². The van der Waals surface area contributed by atoms with Gasteiger partial charge in [0.1, 0.15) is 11.6 Å². The molecule has 4 heterocycles. The summed E-state index contributed by atoms with van der Waals surface area (Å²) < 4.78 is 0. The molecule has 1 atom stereocenters. The monoisotopic (exact) mass is 448 g/mol. The van der Waals surface area contributed by atoms with Crippen LogP contribution in [0.2, 0.25) is 0 Å². The van der Waals surface area contributed by atoms with Crippen LogP contribution in [0.4, 0.5) is 11.5 Å². The van der Waals surface area contributed by atoms with Crippen molar-refractivity contribution in [2.24, 2.45) is 0 Å². The molecule has 1 aromatic heterocycles. The molecule has 3 aliphatic heterocycles. The molecule has 2 amide bonds. The van der Waals surface area contributed by atoms with Crippen LogP contribution >= 0.6 is 0 Å². The van der Waals surface area contributed by atoms with Crippen LogP contribution in [0.5, 0.6) is 0 Å². The maximum Gasteiger partial charge on any atom is 0.253 e. The minimum atomic E-state index is 0.0746. The molecule has 0 spiro atoms. The van der Waals surface area contributed by atoms with Crippen LogP contribution in [0, 0.1) is 0 Å². The molecule has 2 aromatic rings. The van der Waals surface area contributed by atoms with Crippen molar-refractivity contribution >= 4 is 23.3 Å². The zero-order valence-electron chi connectivity index (χ0n) is 19.5. The van der Waals surface area contributed by atoms with Gasteiger partial charge in [0.15, 0.2) is 0 Å². The second-order valence-corrected chi connectivity index (χ2v) is 9.28. The highest BCUT2D eigenvalue weighted by molar-refractivity contribution is 5.95. The van der Waals surface area contributed by atoms with Crippen molar-refractivity contribution < 1.29 is 9.59 Å². The first kappa shape index (κ1) is 21.7. The van der Waals surface area contributed by atoms with E-state index in [-0.39, 0.29) is 17.7 Å². The van der Waals surface area contributed by atoms with E-state index in [1.165, 1.54) is 12.8 Å². The maximum atomic E-state index is 13.3. The second-order valence-electron chi connectivity index (χ2n) is 9.28. The van der Waals surface area contributed by atoms with E-state index in [1.54, 1.807) is 6.92 Å². The van der Waals surface area contributed by atoms with E-state index in [2.05, 4.69) is 16.3 Å². The lowest BCUT2D eigenvalue weighted by Crippen LogP contribution is -2.35. The van der Waals surface area contributed by atoms with Crippen molar-refractivity contribution in [3.63, 3.8) is 0 Å². The Morgan fingerprint density at radius 1 is 1.06 bits per heavy atom. The van der Waals surface area contributed by atoms with Gasteiger partial charge in [0.25, 0.3) is 5.91 Å². The quantitative estimate of drug-likeness (QED) is 0.775. The number of nitrogens with one attached hydrogen (secondary N) is 1. The van der Waals surface area contributed by atoms with Gasteiger partial charge in [0.2, 0.25) is 5.91 Å². The summed E-state index contributed by atoms with van der Waals surface area (Å²) in [7, 11) is 1.86. The van der Waals surface area contributed by atoms with Crippen molar-refractivity contribution in [2.75, 3.05) is 50.0 Å². The van der Waals surface area contributed by atoms with Gasteiger partial charge >= 0.3 is 0 Å². The van der Waals surface area contributed by atoms with Crippen LogP contribution in [-0.4, -0.2) is 71.4 Å². The average Bonchev–Trinajstić information content (AvgIpc) is 3.55. The first-order valence-electron chi connectivity index (χ1n) is 12.0. The number of hydrogen-bond acceptors (Lipinski definition) is 6. The molecule has 8 heteroatoms. The van der Waals surface area contributed by atoms with Gasteiger partial charge in [0.05, 0.1) is 12.2 Å². The van der Waals surface area contributed by atoms with Gasteiger partial charge in [-0.3, -0.25) is 9.59 Å². The Labute approximate surface area is 195 Å². The van der Waals surface area contributed by atoms with Gasteiger partial charge in [-0.1, -0.05) is 6.07 Å². The topological polar surface area (TPSA) is 81.7 Å². The molecule has 33 heavy (non-hydrogen) atoms. The second kappa shape index (κ2) is 9.00. The molecule has 0 aliphatic carbocycles. The third-order valence-electron chi connectivity index (χ3n) is 7.16. The Kier molecular flexibility index (Phi) is 5.91. The number of carbonyl (C=O) groups excluding carboxylic acids is 2. The summed E-state index contributed by atoms with van der Waals surface area (Å²) in [6.07, 6.45) is 4.03. The lowest BCUT2D eigenvalue weighted by molar-refractivity contribution is -0.129. The number of likely N-dealkylation sites (tertiary alicyclic amines) is 1. The van der Waals surface area contributed by atoms with Crippen LogP contribution in [0.25, 0.3) is 0 Å². The smallest absolute Gasteiger partial charge is 0.253 e. The number of amides is 2. The Hall–Kier alpha value is -3.16. The van der Waals surface area contributed by atoms with Gasteiger partial charge in [-0.2, -0.15) is 0 Å². The van der Waals surface area contributed by atoms with Gasteiger partial charge in [-0.15, -0.1) is 0 Å². The largest absolute Gasteiger partial charge is 0.373 e. The number of hydrogen-bond donors (Lipinski definition) is 1. The number of fused-ring (bicyclic) bond motifs is 1. The van der Waals surface area contributed by atoms with Crippen LogP contribution in [-0.2, 0) is 17.8 Å². The van der Waals surface area contributed by atoms with E-state index < -0.39 is 0 Å². The zero-order valence-corrected chi connectivity index (χ0v) is 19.5. The number of carbonyl (C=O) groups is 2. The predicted octanol–water partition coefficient (Wildman–Crippen LogP) is 2.65. The first-order chi connectivity index (χ1) is 16.0. The normalized spacial score (nSPS) is 20.2. The Morgan fingerprint density at radius 2 is 1.88 bits per heavy atom. The van der Waals surface area contributed by atoms with Crippen molar-refractivity contribution in [3.05, 3.63) is 46.9 Å². The van der Waals surface area contributed by atoms with Crippen molar-refractivity contribution in [3.8, 4) is 0 Å². The van der Waals surface area contributed by atoms with Crippen molar-refractivity contribution in [1.29, 1.82) is 0 Å². The third-order valence-corrected chi connectivity index (χ3v) is 7.16. The van der Waals surface area contributed by atoms with Crippen molar-refractivity contribution in [2.45, 2.75) is 45.1 Å². The predicted molar refractivity (Wildman–Crippen MR) is 128 cm³/mol. The molecule has 8 nitrogen and oxygen atoms in total. The lowest BCUT2D eigenvalue weighted by atomic mass is 10.0. The number of rotatable bonds is 4. The summed E-state index contributed by atoms with van der Waals surface area (Å²) in [6.45, 7) is 6.31. The van der Waals surface area contributed by atoms with Crippen LogP contribution in [0.3, 0.4) is 0 Å². The SMILES string of the molecule is CNc1nc([C@@H]2CCN(C(=O)c3cccc(N4CCCC4)c3)C2)nc2c1CN(C(C)=O)CC2. The molecule has 1 aromatic carbocycles. The van der Waals surface area contributed by atoms with E-state index >= 15 is 0 Å². The maximum absolute atomic E-state index is 13.3. The molecular formula is C25H32N6O2. The highest BCUT2D eigenvalue weighted by Crippen LogP contribution is 2.31. The number of anilines is 2. The Morgan fingerprint density at radius 3 is 2.64 bits per heavy atom. The number of aromatic nitrogens is 2. The number of benzene rings is 1. The highest BCUT2D eigenvalue weighted by Gasteiger charge is 2.32. The summed E-state index contributed by atoms with van der Waals surface area (Å²) in [5.41, 5.74) is 3.93. The standard InChI is InChI=1S/C25H32N6O2/c1-17(32)30-13-9-22-21(16-30)24(26-2)28-23(27-22)19-8-12-31(15-19)25(33)18-6-5-7-20(14-18)29-10-3-4-11-29/h5-7,14,19H,3-4,8-13,15-16H2,1-2H3,(H,26,27,28)/t19-/m1/s1. The van der Waals surface area contributed by atoms with Crippen molar-refractivity contribution in [1.82, 2.24) is 19.8 Å². The van der Waals surface area contributed by atoms with Gasteiger partial charge in [-0.25, -0.2) is 9.97 Å². The van der Waals surface area contributed by atoms with E-state index in [1.807, 2.05) is 35.0 Å². The molecule has 3 aliphatic rings. The lowest BCUT2D eigenvalue weighted by Gasteiger charge is -2.29. The molecule has 5 rings (SSSR count). The minimum Gasteiger partial charge on any atom is -0.373 e. The molecule has 0 unspecified atom stereocenters. The summed E-state index contributed by atoms with van der Waals surface area (Å²) in [4.78, 5) is 40.9. The van der Waals surface area contributed by atoms with E-state index in [0.717, 1.165) is 60.1 Å². The molecular weight excluding hydrogens is 416 g/mol. The molecule has 2 fully saturated rings. The minimum absolute atomic E-state index is 0.0746. The fraction of sp³-hybridized carbons (Fsp3) is 0.520. The average molecular weight is 449 g/mol. The molecule has 174 valence electrons. The third kappa shape index (κ3) is 4.26. The molecule has 0 saturated carbocycles. The fourth-order valence-corrected chi connectivity index (χ4v) is 5.24. The molecule has 1 N–H and O–H groups in total. The highest BCUT2D eigenvalue weighted by atomic mass is 16.2. The summed E-state index contributed by atoms with van der Waals surface area (Å²) in [5, 5.41) is 3.20. The molecule has 0 radical (unpaired) electrons. The summed E-state index contributed by atoms with van der Waals surface area (Å²) in [6, 6.07) is 8.05. The molecule has 2 saturated heterocycles. The number of nitrogens with zero attached hydrogens (tertiary/aromatic N) is 5. The first-order valence-corrected chi connectivity index (χ1v) is 12.0. The molecule has 0 bridgehead atoms. The summed E-state index contributed by atoms with van der Waals surface area (Å²) >= 11 is 0.